The monoisotopic (exact) mass is 383 g/mol. The van der Waals surface area contributed by atoms with Crippen molar-refractivity contribution >= 4 is 35.0 Å². The molecule has 0 atom stereocenters. The van der Waals surface area contributed by atoms with Crippen LogP contribution < -0.4 is 5.32 Å². The van der Waals surface area contributed by atoms with Gasteiger partial charge in [0.2, 0.25) is 5.91 Å². The van der Waals surface area contributed by atoms with Crippen molar-refractivity contribution in [2.45, 2.75) is 19.0 Å². The highest BCUT2D eigenvalue weighted by Gasteiger charge is 2.10. The van der Waals surface area contributed by atoms with Crippen molar-refractivity contribution in [3.63, 3.8) is 0 Å². The number of amides is 1. The van der Waals surface area contributed by atoms with Crippen LogP contribution in [-0.4, -0.2) is 21.6 Å². The van der Waals surface area contributed by atoms with E-state index in [1.807, 2.05) is 56.3 Å². The predicted molar refractivity (Wildman–Crippen MR) is 108 cm³/mol. The summed E-state index contributed by atoms with van der Waals surface area (Å²) in [5, 5.41) is 4.13. The van der Waals surface area contributed by atoms with Gasteiger partial charge in [0.15, 0.2) is 5.16 Å². The number of hydrogen-bond acceptors (Lipinski definition) is 4. The third kappa shape index (κ3) is 4.84. The van der Waals surface area contributed by atoms with Gasteiger partial charge in [-0.05, 0) is 43.7 Å². The molecule has 0 aliphatic heterocycles. The van der Waals surface area contributed by atoms with Gasteiger partial charge in [-0.15, -0.1) is 0 Å². The Labute approximate surface area is 162 Å². The van der Waals surface area contributed by atoms with Crippen LogP contribution in [0.1, 0.15) is 11.3 Å². The summed E-state index contributed by atoms with van der Waals surface area (Å²) in [5.74, 6) is 0.131. The molecule has 0 spiro atoms. The molecule has 4 nitrogen and oxygen atoms in total. The molecule has 6 heteroatoms. The van der Waals surface area contributed by atoms with Gasteiger partial charge in [0.05, 0.1) is 11.4 Å². The highest BCUT2D eigenvalue weighted by atomic mass is 35.5. The zero-order valence-electron chi connectivity index (χ0n) is 14.5. The van der Waals surface area contributed by atoms with Gasteiger partial charge in [0.25, 0.3) is 0 Å². The Bertz CT molecular complexity index is 932. The lowest BCUT2D eigenvalue weighted by atomic mass is 10.1. The number of aryl methyl sites for hydroxylation is 2. The molecule has 0 saturated heterocycles. The molecule has 1 heterocycles. The smallest absolute Gasteiger partial charge is 0.234 e. The normalized spacial score (nSPS) is 10.6. The van der Waals surface area contributed by atoms with Crippen LogP contribution in [0.5, 0.6) is 0 Å². The molecule has 0 bridgehead atoms. The van der Waals surface area contributed by atoms with Crippen LogP contribution in [0.3, 0.4) is 0 Å². The summed E-state index contributed by atoms with van der Waals surface area (Å²) in [6.45, 7) is 3.83. The van der Waals surface area contributed by atoms with Crippen molar-refractivity contribution in [2.75, 3.05) is 11.1 Å². The van der Waals surface area contributed by atoms with Gasteiger partial charge in [-0.2, -0.15) is 0 Å². The number of carbonyl (C=O) groups excluding carboxylic acids is 1. The molecular formula is C20H18ClN3OS. The van der Waals surface area contributed by atoms with E-state index in [0.717, 1.165) is 28.2 Å². The second-order valence-corrected chi connectivity index (χ2v) is 7.22. The minimum atomic E-state index is -0.105. The summed E-state index contributed by atoms with van der Waals surface area (Å²) < 4.78 is 0. The van der Waals surface area contributed by atoms with Crippen LogP contribution in [0.15, 0.2) is 59.8 Å². The van der Waals surface area contributed by atoms with Crippen LogP contribution in [0, 0.1) is 13.8 Å². The fourth-order valence-corrected chi connectivity index (χ4v) is 3.38. The van der Waals surface area contributed by atoms with Crippen LogP contribution in [0.25, 0.3) is 11.3 Å². The lowest BCUT2D eigenvalue weighted by Crippen LogP contribution is -2.15. The first-order chi connectivity index (χ1) is 12.5. The molecule has 1 N–H and O–H groups in total. The second kappa shape index (κ2) is 8.34. The summed E-state index contributed by atoms with van der Waals surface area (Å²) in [5.41, 5.74) is 4.44. The van der Waals surface area contributed by atoms with E-state index in [0.29, 0.717) is 10.2 Å². The second-order valence-electron chi connectivity index (χ2n) is 5.84. The number of nitrogens with one attached hydrogen (secondary N) is 1. The van der Waals surface area contributed by atoms with E-state index < -0.39 is 0 Å². The molecule has 26 heavy (non-hydrogen) atoms. The van der Waals surface area contributed by atoms with E-state index >= 15 is 0 Å². The van der Waals surface area contributed by atoms with Crippen molar-refractivity contribution in [3.8, 4) is 11.3 Å². The summed E-state index contributed by atoms with van der Waals surface area (Å²) in [6, 6.07) is 17.2. The van der Waals surface area contributed by atoms with Crippen molar-refractivity contribution < 1.29 is 4.79 Å². The highest BCUT2D eigenvalue weighted by molar-refractivity contribution is 7.99. The van der Waals surface area contributed by atoms with E-state index in [9.17, 15) is 4.79 Å². The van der Waals surface area contributed by atoms with Gasteiger partial charge < -0.3 is 5.32 Å². The van der Waals surface area contributed by atoms with Gasteiger partial charge >= 0.3 is 0 Å². The van der Waals surface area contributed by atoms with Crippen molar-refractivity contribution in [1.82, 2.24) is 9.97 Å². The molecule has 3 aromatic rings. The maximum atomic E-state index is 12.2. The molecule has 1 aromatic heterocycles. The first kappa shape index (κ1) is 18.4. The lowest BCUT2D eigenvalue weighted by molar-refractivity contribution is -0.113. The number of hydrogen-bond donors (Lipinski definition) is 1. The number of nitrogens with zero attached hydrogens (tertiary/aromatic N) is 2. The van der Waals surface area contributed by atoms with Gasteiger partial charge in [0.1, 0.15) is 0 Å². The molecule has 0 unspecified atom stereocenters. The zero-order valence-corrected chi connectivity index (χ0v) is 16.1. The molecule has 0 fully saturated rings. The summed E-state index contributed by atoms with van der Waals surface area (Å²) in [7, 11) is 0. The Kier molecular flexibility index (Phi) is 5.91. The maximum absolute atomic E-state index is 12.2. The number of thioether (sulfide) groups is 1. The maximum Gasteiger partial charge on any atom is 0.234 e. The number of rotatable bonds is 5. The van der Waals surface area contributed by atoms with E-state index in [4.69, 9.17) is 11.6 Å². The molecule has 0 aliphatic rings. The Balaban J connectivity index is 1.67. The first-order valence-corrected chi connectivity index (χ1v) is 9.47. The topological polar surface area (TPSA) is 54.9 Å². The average Bonchev–Trinajstić information content (AvgIpc) is 2.63. The zero-order chi connectivity index (χ0) is 18.5. The van der Waals surface area contributed by atoms with Crippen LogP contribution in [0.4, 0.5) is 5.69 Å². The van der Waals surface area contributed by atoms with Crippen molar-refractivity contribution in [3.05, 3.63) is 70.9 Å². The SMILES string of the molecule is Cc1cc(-c2ccccc2)nc(SCC(=O)Nc2ccc(Cl)cc2C)n1. The largest absolute Gasteiger partial charge is 0.325 e. The van der Waals surface area contributed by atoms with E-state index in [-0.39, 0.29) is 11.7 Å². The minimum Gasteiger partial charge on any atom is -0.325 e. The molecule has 0 saturated carbocycles. The molecule has 1 amide bonds. The molecule has 0 radical (unpaired) electrons. The number of halogens is 1. The fourth-order valence-electron chi connectivity index (χ4n) is 2.45. The van der Waals surface area contributed by atoms with Crippen LogP contribution in [-0.2, 0) is 4.79 Å². The minimum absolute atomic E-state index is 0.105. The van der Waals surface area contributed by atoms with E-state index in [1.54, 1.807) is 12.1 Å². The van der Waals surface area contributed by atoms with E-state index in [2.05, 4.69) is 15.3 Å². The quantitative estimate of drug-likeness (QED) is 0.489. The van der Waals surface area contributed by atoms with Gasteiger partial charge in [-0.1, -0.05) is 53.7 Å². The molecule has 0 aliphatic carbocycles. The predicted octanol–water partition coefficient (Wildman–Crippen LogP) is 5.14. The Morgan fingerprint density at radius 2 is 1.85 bits per heavy atom. The molecular weight excluding hydrogens is 366 g/mol. The van der Waals surface area contributed by atoms with Gasteiger partial charge in [-0.25, -0.2) is 9.97 Å². The van der Waals surface area contributed by atoms with Gasteiger partial charge in [0, 0.05) is 22.0 Å². The first-order valence-electron chi connectivity index (χ1n) is 8.11. The van der Waals surface area contributed by atoms with Crippen LogP contribution >= 0.6 is 23.4 Å². The van der Waals surface area contributed by atoms with Crippen LogP contribution in [0.2, 0.25) is 5.02 Å². The summed E-state index contributed by atoms with van der Waals surface area (Å²) in [6.07, 6.45) is 0. The number of benzene rings is 2. The third-order valence-corrected chi connectivity index (χ3v) is 4.78. The molecule has 132 valence electrons. The number of anilines is 1. The van der Waals surface area contributed by atoms with Crippen molar-refractivity contribution in [2.24, 2.45) is 0 Å². The Hall–Kier alpha value is -2.37. The Morgan fingerprint density at radius 1 is 1.08 bits per heavy atom. The number of carbonyl (C=O) groups is 1. The van der Waals surface area contributed by atoms with Crippen molar-refractivity contribution in [1.29, 1.82) is 0 Å². The van der Waals surface area contributed by atoms with Gasteiger partial charge in [-0.3, -0.25) is 4.79 Å². The third-order valence-electron chi connectivity index (χ3n) is 3.70. The number of aromatic nitrogens is 2. The van der Waals surface area contributed by atoms with E-state index in [1.165, 1.54) is 11.8 Å². The summed E-state index contributed by atoms with van der Waals surface area (Å²) in [4.78, 5) is 21.2. The molecule has 2 aromatic carbocycles. The summed E-state index contributed by atoms with van der Waals surface area (Å²) >= 11 is 7.26. The Morgan fingerprint density at radius 3 is 2.58 bits per heavy atom. The molecule has 3 rings (SSSR count). The lowest BCUT2D eigenvalue weighted by Gasteiger charge is -2.09. The standard InChI is InChI=1S/C20H18ClN3OS/c1-13-10-16(21)8-9-17(13)23-19(25)12-26-20-22-14(2)11-18(24-20)15-6-4-3-5-7-15/h3-11H,12H2,1-2H3,(H,23,25). The fraction of sp³-hybridized carbons (Fsp3) is 0.150. The average molecular weight is 384 g/mol. The highest BCUT2D eigenvalue weighted by Crippen LogP contribution is 2.23.